The van der Waals surface area contributed by atoms with Crippen molar-refractivity contribution in [2.45, 2.75) is 76.9 Å². The Morgan fingerprint density at radius 1 is 1.27 bits per heavy atom. The number of hydrogen-bond donors (Lipinski definition) is 0. The van der Waals surface area contributed by atoms with Gasteiger partial charge in [0.15, 0.2) is 5.17 Å². The third kappa shape index (κ3) is 6.28. The van der Waals surface area contributed by atoms with Crippen LogP contribution in [0.3, 0.4) is 0 Å². The Hall–Kier alpha value is -2.10. The molecule has 2 heterocycles. The SMILES string of the molecule is CCCN(C(=O)OC(C)(C)C)C1=N[C@@H]2[C@@H](OCc3ccc(OC)cc3)[C@H](C)[C@@H](C=O)O[C@@H]2S1. The van der Waals surface area contributed by atoms with Crippen LogP contribution in [0.25, 0.3) is 0 Å². The van der Waals surface area contributed by atoms with Crippen LogP contribution in [0.1, 0.15) is 46.6 Å². The van der Waals surface area contributed by atoms with Gasteiger partial charge in [-0.1, -0.05) is 37.7 Å². The number of aldehydes is 1. The summed E-state index contributed by atoms with van der Waals surface area (Å²) in [5, 5.41) is 0.540. The Labute approximate surface area is 200 Å². The molecular formula is C24H34N2O6S. The molecule has 0 unspecified atom stereocenters. The van der Waals surface area contributed by atoms with Gasteiger partial charge in [-0.3, -0.25) is 9.89 Å². The van der Waals surface area contributed by atoms with Crippen LogP contribution < -0.4 is 4.74 Å². The molecule has 3 rings (SSSR count). The third-order valence-electron chi connectivity index (χ3n) is 5.45. The molecule has 182 valence electrons. The summed E-state index contributed by atoms with van der Waals surface area (Å²) in [6, 6.07) is 7.32. The van der Waals surface area contributed by atoms with E-state index in [0.717, 1.165) is 24.0 Å². The molecule has 0 aliphatic carbocycles. The van der Waals surface area contributed by atoms with Gasteiger partial charge in [0, 0.05) is 12.5 Å². The van der Waals surface area contributed by atoms with E-state index in [1.54, 1.807) is 12.0 Å². The minimum absolute atomic E-state index is 0.188. The van der Waals surface area contributed by atoms with Crippen molar-refractivity contribution in [3.8, 4) is 5.75 Å². The second-order valence-electron chi connectivity index (χ2n) is 9.24. The highest BCUT2D eigenvalue weighted by Gasteiger charge is 2.49. The number of rotatable bonds is 7. The van der Waals surface area contributed by atoms with Crippen molar-refractivity contribution in [3.63, 3.8) is 0 Å². The molecule has 2 aliphatic heterocycles. The first-order valence-corrected chi connectivity index (χ1v) is 12.1. The van der Waals surface area contributed by atoms with Crippen LogP contribution in [0.5, 0.6) is 5.75 Å². The lowest BCUT2D eigenvalue weighted by atomic mass is 9.90. The number of benzene rings is 1. The number of nitrogens with zero attached hydrogens (tertiary/aromatic N) is 2. The fourth-order valence-electron chi connectivity index (χ4n) is 3.77. The van der Waals surface area contributed by atoms with Crippen molar-refractivity contribution in [3.05, 3.63) is 29.8 Å². The summed E-state index contributed by atoms with van der Waals surface area (Å²) < 4.78 is 23.1. The summed E-state index contributed by atoms with van der Waals surface area (Å²) in [4.78, 5) is 30.9. The van der Waals surface area contributed by atoms with E-state index in [1.807, 2.05) is 58.9 Å². The lowest BCUT2D eigenvalue weighted by Crippen LogP contribution is -2.51. The molecule has 1 aromatic carbocycles. The van der Waals surface area contributed by atoms with Crippen LogP contribution in [-0.2, 0) is 25.6 Å². The van der Waals surface area contributed by atoms with Crippen LogP contribution in [0.2, 0.25) is 0 Å². The van der Waals surface area contributed by atoms with Crippen LogP contribution in [0.15, 0.2) is 29.3 Å². The number of ether oxygens (including phenoxy) is 4. The maximum absolute atomic E-state index is 12.8. The Kier molecular flexibility index (Phi) is 8.42. The van der Waals surface area contributed by atoms with Crippen molar-refractivity contribution in [2.75, 3.05) is 13.7 Å². The average molecular weight is 479 g/mol. The second kappa shape index (κ2) is 10.9. The molecule has 5 atom stereocenters. The van der Waals surface area contributed by atoms with Crippen LogP contribution in [0.4, 0.5) is 4.79 Å². The Morgan fingerprint density at radius 3 is 2.55 bits per heavy atom. The van der Waals surface area contributed by atoms with Crippen LogP contribution in [0, 0.1) is 5.92 Å². The number of fused-ring (bicyclic) bond motifs is 1. The monoisotopic (exact) mass is 478 g/mol. The van der Waals surface area contributed by atoms with Gasteiger partial charge in [0.1, 0.15) is 35.2 Å². The number of thioether (sulfide) groups is 1. The molecular weight excluding hydrogens is 444 g/mol. The van der Waals surface area contributed by atoms with Crippen molar-refractivity contribution in [1.29, 1.82) is 0 Å². The highest BCUT2D eigenvalue weighted by atomic mass is 32.2. The molecule has 2 aliphatic rings. The topological polar surface area (TPSA) is 86.7 Å². The molecule has 0 bridgehead atoms. The summed E-state index contributed by atoms with van der Waals surface area (Å²) in [7, 11) is 1.63. The first-order valence-electron chi connectivity index (χ1n) is 11.3. The normalized spacial score (nSPS) is 26.8. The Bertz CT molecular complexity index is 854. The highest BCUT2D eigenvalue weighted by Crippen LogP contribution is 2.41. The van der Waals surface area contributed by atoms with E-state index >= 15 is 0 Å². The fraction of sp³-hybridized carbons (Fsp3) is 0.625. The van der Waals surface area contributed by atoms with E-state index < -0.39 is 23.2 Å². The number of aliphatic imine (C=N–C) groups is 1. The quantitative estimate of drug-likeness (QED) is 0.541. The first-order chi connectivity index (χ1) is 15.7. The maximum atomic E-state index is 12.8. The van der Waals surface area contributed by atoms with E-state index in [9.17, 15) is 9.59 Å². The molecule has 1 saturated heterocycles. The van der Waals surface area contributed by atoms with Gasteiger partial charge >= 0.3 is 6.09 Å². The van der Waals surface area contributed by atoms with Crippen molar-refractivity contribution < 1.29 is 28.5 Å². The van der Waals surface area contributed by atoms with Crippen molar-refractivity contribution in [2.24, 2.45) is 10.9 Å². The minimum atomic E-state index is -0.614. The van der Waals surface area contributed by atoms with E-state index in [2.05, 4.69) is 0 Å². The first kappa shape index (κ1) is 25.5. The largest absolute Gasteiger partial charge is 0.497 e. The molecule has 0 radical (unpaired) electrons. The smallest absolute Gasteiger partial charge is 0.416 e. The van der Waals surface area contributed by atoms with Crippen LogP contribution >= 0.6 is 11.8 Å². The number of carbonyl (C=O) groups is 2. The molecule has 0 N–H and O–H groups in total. The Balaban J connectivity index is 1.80. The zero-order chi connectivity index (χ0) is 24.2. The van der Waals surface area contributed by atoms with Crippen LogP contribution in [-0.4, -0.2) is 65.4 Å². The van der Waals surface area contributed by atoms with Crippen molar-refractivity contribution >= 4 is 29.3 Å². The predicted molar refractivity (Wildman–Crippen MR) is 128 cm³/mol. The summed E-state index contributed by atoms with van der Waals surface area (Å²) in [6.45, 7) is 10.3. The standard InChI is InChI=1S/C24H34N2O6S/c1-7-12-26(23(28)32-24(3,4)5)22-25-19-20(15(2)18(13-27)31-21(19)33-22)30-14-16-8-10-17(29-6)11-9-16/h8-11,13,15,18-21H,7,12,14H2,1-6H3/t15-,18-,19-,20+,21-/m1/s1. The van der Waals surface area contributed by atoms with E-state index in [0.29, 0.717) is 18.3 Å². The number of amides is 1. The number of hydrogen-bond acceptors (Lipinski definition) is 8. The number of methoxy groups -OCH3 is 1. The predicted octanol–water partition coefficient (Wildman–Crippen LogP) is 4.26. The Morgan fingerprint density at radius 2 is 1.97 bits per heavy atom. The van der Waals surface area contributed by atoms with Gasteiger partial charge in [-0.2, -0.15) is 0 Å². The van der Waals surface area contributed by atoms with Crippen molar-refractivity contribution in [1.82, 2.24) is 4.90 Å². The average Bonchev–Trinajstić information content (AvgIpc) is 3.18. The molecule has 8 nitrogen and oxygen atoms in total. The van der Waals surface area contributed by atoms with Gasteiger partial charge in [0.05, 0.1) is 19.8 Å². The molecule has 1 fully saturated rings. The summed E-state index contributed by atoms with van der Waals surface area (Å²) in [5.74, 6) is 0.589. The fourth-order valence-corrected chi connectivity index (χ4v) is 4.99. The lowest BCUT2D eigenvalue weighted by Gasteiger charge is -2.39. The van der Waals surface area contributed by atoms with E-state index in [1.165, 1.54) is 11.8 Å². The maximum Gasteiger partial charge on any atom is 0.416 e. The summed E-state index contributed by atoms with van der Waals surface area (Å²) in [6.07, 6.45) is 0.189. The highest BCUT2D eigenvalue weighted by molar-refractivity contribution is 8.14. The summed E-state index contributed by atoms with van der Waals surface area (Å²) >= 11 is 1.35. The molecule has 1 aromatic rings. The molecule has 33 heavy (non-hydrogen) atoms. The van der Waals surface area contributed by atoms with Gasteiger partial charge < -0.3 is 23.7 Å². The number of amidine groups is 1. The van der Waals surface area contributed by atoms with Gasteiger partial charge in [-0.25, -0.2) is 4.79 Å². The molecule has 1 amide bonds. The summed E-state index contributed by atoms with van der Waals surface area (Å²) in [5.41, 5.74) is -0.0314. The second-order valence-corrected chi connectivity index (χ2v) is 10.3. The lowest BCUT2D eigenvalue weighted by molar-refractivity contribution is -0.150. The van der Waals surface area contributed by atoms with E-state index in [-0.39, 0.29) is 18.1 Å². The molecule has 0 saturated carbocycles. The zero-order valence-corrected chi connectivity index (χ0v) is 21.0. The molecule has 9 heteroatoms. The van der Waals surface area contributed by atoms with Gasteiger partial charge in [0.25, 0.3) is 0 Å². The number of carbonyl (C=O) groups excluding carboxylic acids is 2. The van der Waals surface area contributed by atoms with E-state index in [4.69, 9.17) is 23.9 Å². The van der Waals surface area contributed by atoms with Gasteiger partial charge in [-0.05, 0) is 44.9 Å². The minimum Gasteiger partial charge on any atom is -0.497 e. The molecule has 0 spiro atoms. The zero-order valence-electron chi connectivity index (χ0n) is 20.1. The van der Waals surface area contributed by atoms with Gasteiger partial charge in [-0.15, -0.1) is 0 Å². The molecule has 0 aromatic heterocycles. The van der Waals surface area contributed by atoms with Gasteiger partial charge in [0.2, 0.25) is 0 Å². The third-order valence-corrected chi connectivity index (χ3v) is 6.61.